The Morgan fingerprint density at radius 1 is 0.895 bits per heavy atom. The van der Waals surface area contributed by atoms with E-state index in [0.29, 0.717) is 0 Å². The van der Waals surface area contributed by atoms with Gasteiger partial charge in [0.1, 0.15) is 0 Å². The Labute approximate surface area is 138 Å². The number of thiol groups is 1. The molecule has 0 rings (SSSR count). The Balaban J connectivity index is -0.000000102. The molecule has 0 amide bonds. The minimum absolute atomic E-state index is 0. The van der Waals surface area contributed by atoms with Crippen molar-refractivity contribution in [1.82, 2.24) is 0 Å². The third kappa shape index (κ3) is 45.6. The molecule has 19 heavy (non-hydrogen) atoms. The van der Waals surface area contributed by atoms with E-state index in [2.05, 4.69) is 75.0 Å². The zero-order valence-corrected chi connectivity index (χ0v) is 16.5. The highest BCUT2D eigenvalue weighted by Crippen LogP contribution is 2.00. The van der Waals surface area contributed by atoms with E-state index in [9.17, 15) is 0 Å². The Kier molecular flexibility index (Phi) is 24.5. The van der Waals surface area contributed by atoms with Gasteiger partial charge in [-0.1, -0.05) is 6.92 Å². The van der Waals surface area contributed by atoms with Crippen molar-refractivity contribution in [3.63, 3.8) is 0 Å². The van der Waals surface area contributed by atoms with Crippen LogP contribution in [0.25, 0.3) is 0 Å². The van der Waals surface area contributed by atoms with Gasteiger partial charge in [0.15, 0.2) is 0 Å². The van der Waals surface area contributed by atoms with Crippen LogP contribution in [0.15, 0.2) is 13.2 Å². The van der Waals surface area contributed by atoms with Crippen LogP contribution in [0.3, 0.4) is 0 Å². The first kappa shape index (κ1) is 27.9. The number of hydrogen-bond donors (Lipinski definition) is 1. The standard InChI is InChI=1S/C7H18NS.C5H13NS.C2H4.ClH/c1-5-9-7-6-8(2,3)4;1-6(2,3)4-5-7;1-2;/h5-7H2,1-4H3;4-5H2,1-3H3;1-2H2;1H/q+1;;;. The summed E-state index contributed by atoms with van der Waals surface area (Å²) in [6.45, 7) is 10.6. The fourth-order valence-electron chi connectivity index (χ4n) is 0.783. The summed E-state index contributed by atoms with van der Waals surface area (Å²) in [5, 5.41) is 0. The van der Waals surface area contributed by atoms with E-state index in [1.165, 1.54) is 18.1 Å². The van der Waals surface area contributed by atoms with Gasteiger partial charge < -0.3 is 21.4 Å². The summed E-state index contributed by atoms with van der Waals surface area (Å²) in [5.74, 6) is 3.52. The molecule has 0 fully saturated rings. The smallest absolute Gasteiger partial charge is 0.0872 e. The van der Waals surface area contributed by atoms with Gasteiger partial charge in [-0.25, -0.2) is 0 Å². The summed E-state index contributed by atoms with van der Waals surface area (Å²) in [5.41, 5.74) is 0. The van der Waals surface area contributed by atoms with E-state index >= 15 is 0 Å². The molecule has 120 valence electrons. The second kappa shape index (κ2) is 16.7. The average molecular weight is 332 g/mol. The van der Waals surface area contributed by atoms with Gasteiger partial charge in [0.05, 0.1) is 55.4 Å². The highest BCUT2D eigenvalue weighted by atomic mass is 35.5. The third-order valence-corrected chi connectivity index (χ3v) is 2.96. The molecule has 0 aromatic carbocycles. The Bertz CT molecular complexity index is 166. The summed E-state index contributed by atoms with van der Waals surface area (Å²) < 4.78 is 2.11. The topological polar surface area (TPSA) is 0 Å². The fraction of sp³-hybridized carbons (Fsp3) is 0.857. The van der Waals surface area contributed by atoms with Crippen LogP contribution in [0.1, 0.15) is 6.92 Å². The van der Waals surface area contributed by atoms with Gasteiger partial charge in [-0.3, -0.25) is 0 Å². The van der Waals surface area contributed by atoms with Gasteiger partial charge in [0.25, 0.3) is 0 Å². The largest absolute Gasteiger partial charge is 1.00 e. The van der Waals surface area contributed by atoms with Gasteiger partial charge in [-0.15, -0.1) is 13.2 Å². The molecule has 2 nitrogen and oxygen atoms in total. The van der Waals surface area contributed by atoms with Crippen molar-refractivity contribution in [2.24, 2.45) is 0 Å². The van der Waals surface area contributed by atoms with Crippen LogP contribution in [0.5, 0.6) is 0 Å². The van der Waals surface area contributed by atoms with Crippen molar-refractivity contribution in [3.8, 4) is 0 Å². The number of halogens is 1. The molecule has 0 heterocycles. The highest BCUT2D eigenvalue weighted by Gasteiger charge is 2.04. The first-order chi connectivity index (χ1) is 8.12. The van der Waals surface area contributed by atoms with Crippen LogP contribution < -0.4 is 12.4 Å². The van der Waals surface area contributed by atoms with Crippen molar-refractivity contribution in [2.75, 3.05) is 72.6 Å². The van der Waals surface area contributed by atoms with Crippen LogP contribution in [-0.4, -0.2) is 81.6 Å². The molecule has 5 heteroatoms. The lowest BCUT2D eigenvalue weighted by molar-refractivity contribution is -0.867. The normalized spacial score (nSPS) is 10.3. The molecule has 0 atom stereocenters. The summed E-state index contributed by atoms with van der Waals surface area (Å²) >= 11 is 6.12. The van der Waals surface area contributed by atoms with Crippen molar-refractivity contribution in [1.29, 1.82) is 0 Å². The van der Waals surface area contributed by atoms with Crippen molar-refractivity contribution < 1.29 is 21.4 Å². The average Bonchev–Trinajstić information content (AvgIpc) is 2.18. The van der Waals surface area contributed by atoms with Crippen molar-refractivity contribution in [3.05, 3.63) is 13.2 Å². The van der Waals surface area contributed by atoms with E-state index < -0.39 is 0 Å². The zero-order chi connectivity index (χ0) is 15.2. The molecule has 0 saturated carbocycles. The molecular weight excluding hydrogens is 296 g/mol. The number of quaternary nitrogens is 2. The van der Waals surface area contributed by atoms with E-state index in [4.69, 9.17) is 0 Å². The predicted molar refractivity (Wildman–Crippen MR) is 93.9 cm³/mol. The Hall–Kier alpha value is 0.650. The van der Waals surface area contributed by atoms with E-state index in [-0.39, 0.29) is 12.4 Å². The SMILES string of the molecule is C=C.CCSCC[N+](C)(C)C.C[N+](C)(C)CCS.[Cl-]. The molecule has 0 N–H and O–H groups in total. The van der Waals surface area contributed by atoms with Gasteiger partial charge in [-0.2, -0.15) is 24.4 Å². The lowest BCUT2D eigenvalue weighted by atomic mass is 10.6. The molecule has 0 aromatic rings. The van der Waals surface area contributed by atoms with Gasteiger partial charge in [0.2, 0.25) is 0 Å². The van der Waals surface area contributed by atoms with Crippen molar-refractivity contribution >= 4 is 24.4 Å². The molecule has 0 aliphatic carbocycles. The quantitative estimate of drug-likeness (QED) is 0.306. The second-order valence-electron chi connectivity index (χ2n) is 5.95. The molecule has 0 saturated heterocycles. The maximum atomic E-state index is 4.10. The first-order valence-corrected chi connectivity index (χ1v) is 8.20. The number of rotatable bonds is 6. The van der Waals surface area contributed by atoms with Crippen LogP contribution in [0.2, 0.25) is 0 Å². The monoisotopic (exact) mass is 331 g/mol. The zero-order valence-electron chi connectivity index (χ0n) is 14.1. The summed E-state index contributed by atoms with van der Waals surface area (Å²) in [6.07, 6.45) is 0. The Morgan fingerprint density at radius 3 is 1.42 bits per heavy atom. The minimum atomic E-state index is 0. The Morgan fingerprint density at radius 2 is 1.26 bits per heavy atom. The first-order valence-electron chi connectivity index (χ1n) is 6.42. The molecule has 0 spiro atoms. The predicted octanol–water partition coefficient (Wildman–Crippen LogP) is -0.126. The summed E-state index contributed by atoms with van der Waals surface area (Å²) in [7, 11) is 13.2. The fourth-order valence-corrected chi connectivity index (χ4v) is 2.35. The third-order valence-electron chi connectivity index (χ3n) is 1.88. The van der Waals surface area contributed by atoms with E-state index in [1.54, 1.807) is 0 Å². The van der Waals surface area contributed by atoms with Crippen LogP contribution in [-0.2, 0) is 0 Å². The summed E-state index contributed by atoms with van der Waals surface area (Å²) in [6, 6.07) is 0. The van der Waals surface area contributed by atoms with Crippen LogP contribution in [0, 0.1) is 0 Å². The maximum absolute atomic E-state index is 4.10. The van der Waals surface area contributed by atoms with Gasteiger partial charge in [-0.05, 0) is 5.75 Å². The van der Waals surface area contributed by atoms with Crippen LogP contribution >= 0.6 is 24.4 Å². The molecule has 0 aliphatic heterocycles. The number of nitrogens with zero attached hydrogens (tertiary/aromatic N) is 2. The van der Waals surface area contributed by atoms with E-state index in [1.807, 2.05) is 11.8 Å². The van der Waals surface area contributed by atoms with Gasteiger partial charge >= 0.3 is 0 Å². The maximum Gasteiger partial charge on any atom is 0.0872 e. The molecule has 0 aliphatic rings. The highest BCUT2D eigenvalue weighted by molar-refractivity contribution is 7.99. The van der Waals surface area contributed by atoms with Gasteiger partial charge in [0, 0.05) is 11.5 Å². The lowest BCUT2D eigenvalue weighted by Crippen LogP contribution is -3.00. The molecule has 0 unspecified atom stereocenters. The summed E-state index contributed by atoms with van der Waals surface area (Å²) in [4.78, 5) is 0. The lowest BCUT2D eigenvalue weighted by Gasteiger charge is -2.23. The minimum Gasteiger partial charge on any atom is -1.00 e. The molecule has 0 radical (unpaired) electrons. The second-order valence-corrected chi connectivity index (χ2v) is 7.79. The van der Waals surface area contributed by atoms with Crippen LogP contribution in [0.4, 0.5) is 0 Å². The molecule has 0 bridgehead atoms. The van der Waals surface area contributed by atoms with Crippen molar-refractivity contribution in [2.45, 2.75) is 6.92 Å². The van der Waals surface area contributed by atoms with E-state index in [0.717, 1.165) is 21.3 Å². The molecular formula is C14H36ClN2S2+. The number of hydrogen-bond acceptors (Lipinski definition) is 2. The molecule has 0 aromatic heterocycles. The number of thioether (sulfide) groups is 1.